The van der Waals surface area contributed by atoms with Crippen LogP contribution < -0.4 is 4.74 Å². The highest BCUT2D eigenvalue weighted by Gasteiger charge is 2.19. The molecule has 0 bridgehead atoms. The van der Waals surface area contributed by atoms with E-state index >= 15 is 0 Å². The van der Waals surface area contributed by atoms with Gasteiger partial charge in [0.05, 0.1) is 0 Å². The number of ether oxygens (including phenoxy) is 2. The minimum Gasteiger partial charge on any atom is -0.464 e. The van der Waals surface area contributed by atoms with Gasteiger partial charge in [0.2, 0.25) is 0 Å². The van der Waals surface area contributed by atoms with Crippen LogP contribution in [-0.2, 0) is 4.74 Å². The van der Waals surface area contributed by atoms with E-state index in [4.69, 9.17) is 21.1 Å². The first kappa shape index (κ1) is 17.9. The Labute approximate surface area is 165 Å². The second-order valence-electron chi connectivity index (χ2n) is 5.93. The van der Waals surface area contributed by atoms with Crippen LogP contribution in [0.5, 0.6) is 5.75 Å². The SMILES string of the molecule is COCOc1c(-c2cncc3ccccc23)cc(-c2nc(C)cs2)nc1Cl. The molecular weight excluding hydrogens is 382 g/mol. The molecule has 0 saturated heterocycles. The highest BCUT2D eigenvalue weighted by molar-refractivity contribution is 7.13. The van der Waals surface area contributed by atoms with E-state index in [9.17, 15) is 0 Å². The monoisotopic (exact) mass is 397 g/mol. The molecule has 7 heteroatoms. The third-order valence-corrected chi connectivity index (χ3v) is 5.29. The van der Waals surface area contributed by atoms with Gasteiger partial charge in [-0.15, -0.1) is 11.3 Å². The van der Waals surface area contributed by atoms with Gasteiger partial charge in [-0.05, 0) is 18.4 Å². The predicted molar refractivity (Wildman–Crippen MR) is 108 cm³/mol. The first-order chi connectivity index (χ1) is 13.2. The van der Waals surface area contributed by atoms with E-state index < -0.39 is 0 Å². The van der Waals surface area contributed by atoms with Crippen LogP contribution in [0.4, 0.5) is 0 Å². The number of pyridine rings is 2. The Balaban J connectivity index is 1.97. The van der Waals surface area contributed by atoms with Gasteiger partial charge >= 0.3 is 0 Å². The quantitative estimate of drug-likeness (QED) is 0.335. The van der Waals surface area contributed by atoms with E-state index in [1.54, 1.807) is 7.11 Å². The van der Waals surface area contributed by atoms with Crippen LogP contribution in [0.15, 0.2) is 48.1 Å². The summed E-state index contributed by atoms with van der Waals surface area (Å²) in [4.78, 5) is 13.4. The Hall–Kier alpha value is -2.54. The van der Waals surface area contributed by atoms with Crippen molar-refractivity contribution in [2.75, 3.05) is 13.9 Å². The molecule has 136 valence electrons. The molecule has 0 aliphatic rings. The molecule has 0 radical (unpaired) electrons. The first-order valence-corrected chi connectivity index (χ1v) is 9.51. The lowest BCUT2D eigenvalue weighted by Crippen LogP contribution is -2.03. The molecule has 0 N–H and O–H groups in total. The van der Waals surface area contributed by atoms with Crippen molar-refractivity contribution < 1.29 is 9.47 Å². The van der Waals surface area contributed by atoms with Crippen molar-refractivity contribution in [2.24, 2.45) is 0 Å². The molecule has 4 aromatic rings. The van der Waals surface area contributed by atoms with Crippen molar-refractivity contribution >= 4 is 33.7 Å². The summed E-state index contributed by atoms with van der Waals surface area (Å²) in [7, 11) is 1.56. The smallest absolute Gasteiger partial charge is 0.188 e. The Kier molecular flexibility index (Phi) is 5.03. The van der Waals surface area contributed by atoms with Crippen LogP contribution in [0.2, 0.25) is 5.15 Å². The molecule has 0 fully saturated rings. The molecule has 0 aliphatic carbocycles. The predicted octanol–water partition coefficient (Wildman–Crippen LogP) is 5.36. The van der Waals surface area contributed by atoms with E-state index in [1.165, 1.54) is 11.3 Å². The summed E-state index contributed by atoms with van der Waals surface area (Å²) in [6.45, 7) is 2.02. The molecule has 0 saturated carbocycles. The van der Waals surface area contributed by atoms with Gasteiger partial charge in [-0.3, -0.25) is 4.98 Å². The first-order valence-electron chi connectivity index (χ1n) is 8.25. The number of aryl methyl sites for hydroxylation is 1. The minimum absolute atomic E-state index is 0.0717. The normalized spacial score (nSPS) is 11.1. The van der Waals surface area contributed by atoms with E-state index in [1.807, 2.05) is 55.0 Å². The maximum Gasteiger partial charge on any atom is 0.188 e. The van der Waals surface area contributed by atoms with Crippen LogP contribution in [-0.4, -0.2) is 28.9 Å². The third-order valence-electron chi connectivity index (χ3n) is 4.05. The number of benzene rings is 1. The molecule has 3 heterocycles. The van der Waals surface area contributed by atoms with Crippen LogP contribution in [0.1, 0.15) is 5.69 Å². The van der Waals surface area contributed by atoms with Crippen LogP contribution in [0.3, 0.4) is 0 Å². The average molecular weight is 398 g/mol. The lowest BCUT2D eigenvalue weighted by molar-refractivity contribution is 0.0513. The Morgan fingerprint density at radius 1 is 1.11 bits per heavy atom. The van der Waals surface area contributed by atoms with Crippen molar-refractivity contribution in [2.45, 2.75) is 6.92 Å². The fourth-order valence-electron chi connectivity index (χ4n) is 2.87. The van der Waals surface area contributed by atoms with E-state index in [0.29, 0.717) is 11.4 Å². The Morgan fingerprint density at radius 2 is 1.96 bits per heavy atom. The fraction of sp³-hybridized carbons (Fsp3) is 0.150. The van der Waals surface area contributed by atoms with Crippen molar-refractivity contribution in [3.05, 3.63) is 59.0 Å². The van der Waals surface area contributed by atoms with E-state index in [-0.39, 0.29) is 11.9 Å². The molecule has 5 nitrogen and oxygen atoms in total. The van der Waals surface area contributed by atoms with Crippen molar-refractivity contribution in [3.8, 4) is 27.6 Å². The number of halogens is 1. The third kappa shape index (κ3) is 3.51. The number of hydrogen-bond acceptors (Lipinski definition) is 6. The lowest BCUT2D eigenvalue weighted by Gasteiger charge is -2.15. The molecule has 1 aromatic carbocycles. The topological polar surface area (TPSA) is 57.1 Å². The van der Waals surface area contributed by atoms with Crippen molar-refractivity contribution in [1.82, 2.24) is 15.0 Å². The van der Waals surface area contributed by atoms with Gasteiger partial charge in [0, 0.05) is 47.1 Å². The molecule has 4 rings (SSSR count). The van der Waals surface area contributed by atoms with Crippen molar-refractivity contribution in [3.63, 3.8) is 0 Å². The maximum atomic E-state index is 6.49. The number of nitrogens with zero attached hydrogens (tertiary/aromatic N) is 3. The summed E-state index contributed by atoms with van der Waals surface area (Å²) in [5.74, 6) is 0.466. The Morgan fingerprint density at radius 3 is 2.74 bits per heavy atom. The molecular formula is C20H16ClN3O2S. The zero-order valence-corrected chi connectivity index (χ0v) is 16.3. The van der Waals surface area contributed by atoms with Gasteiger partial charge in [0.1, 0.15) is 10.7 Å². The number of hydrogen-bond donors (Lipinski definition) is 0. The maximum absolute atomic E-state index is 6.49. The second kappa shape index (κ2) is 7.60. The summed E-state index contributed by atoms with van der Waals surface area (Å²) in [5.41, 5.74) is 3.36. The van der Waals surface area contributed by atoms with Gasteiger partial charge in [-0.2, -0.15) is 0 Å². The Bertz CT molecular complexity index is 1110. The van der Waals surface area contributed by atoms with Crippen molar-refractivity contribution in [1.29, 1.82) is 0 Å². The average Bonchev–Trinajstić information content (AvgIpc) is 3.12. The highest BCUT2D eigenvalue weighted by atomic mass is 35.5. The second-order valence-corrected chi connectivity index (χ2v) is 7.14. The zero-order valence-electron chi connectivity index (χ0n) is 14.8. The summed E-state index contributed by atoms with van der Waals surface area (Å²) in [6, 6.07) is 10.00. The lowest BCUT2D eigenvalue weighted by atomic mass is 10.0. The van der Waals surface area contributed by atoms with Crippen LogP contribution in [0.25, 0.3) is 32.6 Å². The highest BCUT2D eigenvalue weighted by Crippen LogP contribution is 2.41. The standard InChI is InChI=1S/C20H16ClN3O2S/c1-12-10-27-20(23-12)17-7-15(18(19(21)24-17)26-11-25-2)16-9-22-8-13-5-3-4-6-14(13)16/h3-10H,11H2,1-2H3. The largest absolute Gasteiger partial charge is 0.464 e. The van der Waals surface area contributed by atoms with Gasteiger partial charge < -0.3 is 9.47 Å². The van der Waals surface area contributed by atoms with Gasteiger partial charge in [0.15, 0.2) is 17.7 Å². The number of fused-ring (bicyclic) bond motifs is 1. The number of thiazole rings is 1. The van der Waals surface area contributed by atoms with Crippen LogP contribution in [0, 0.1) is 6.92 Å². The van der Waals surface area contributed by atoms with Gasteiger partial charge in [-0.1, -0.05) is 35.9 Å². The van der Waals surface area contributed by atoms with E-state index in [0.717, 1.165) is 32.6 Å². The zero-order chi connectivity index (χ0) is 18.8. The number of methoxy groups -OCH3 is 1. The molecule has 0 amide bonds. The molecule has 3 aromatic heterocycles. The van der Waals surface area contributed by atoms with Gasteiger partial charge in [-0.25, -0.2) is 9.97 Å². The molecule has 0 unspecified atom stereocenters. The van der Waals surface area contributed by atoms with Gasteiger partial charge in [0.25, 0.3) is 0 Å². The molecule has 27 heavy (non-hydrogen) atoms. The molecule has 0 aliphatic heterocycles. The minimum atomic E-state index is 0.0717. The van der Waals surface area contributed by atoms with E-state index in [2.05, 4.69) is 15.0 Å². The number of rotatable bonds is 5. The molecule has 0 atom stereocenters. The summed E-state index contributed by atoms with van der Waals surface area (Å²) in [6.07, 6.45) is 3.65. The fourth-order valence-corrected chi connectivity index (χ4v) is 3.87. The summed E-state index contributed by atoms with van der Waals surface area (Å²) < 4.78 is 10.8. The number of aromatic nitrogens is 3. The van der Waals surface area contributed by atoms with Crippen LogP contribution >= 0.6 is 22.9 Å². The molecule has 0 spiro atoms. The summed E-state index contributed by atoms with van der Waals surface area (Å²) in [5, 5.41) is 5.15. The summed E-state index contributed by atoms with van der Waals surface area (Å²) >= 11 is 8.02.